The lowest BCUT2D eigenvalue weighted by Gasteiger charge is -2.34. The molecule has 3 N–H and O–H groups in total. The zero-order chi connectivity index (χ0) is 23.4. The van der Waals surface area contributed by atoms with E-state index in [1.165, 1.54) is 24.9 Å². The Morgan fingerprint density at radius 2 is 1.97 bits per heavy atom. The van der Waals surface area contributed by atoms with Gasteiger partial charge in [0.05, 0.1) is 11.9 Å². The van der Waals surface area contributed by atoms with Crippen molar-refractivity contribution in [3.63, 3.8) is 0 Å². The van der Waals surface area contributed by atoms with Crippen LogP contribution in [0, 0.1) is 12.8 Å². The topological polar surface area (TPSA) is 100 Å². The summed E-state index contributed by atoms with van der Waals surface area (Å²) in [6.45, 7) is 8.45. The molecule has 3 aromatic rings. The van der Waals surface area contributed by atoms with Gasteiger partial charge in [-0.2, -0.15) is 4.98 Å². The molecule has 4 rings (SSSR count). The molecule has 0 spiro atoms. The smallest absolute Gasteiger partial charge is 0.243 e. The summed E-state index contributed by atoms with van der Waals surface area (Å²) >= 11 is 0. The van der Waals surface area contributed by atoms with Crippen LogP contribution >= 0.6 is 0 Å². The van der Waals surface area contributed by atoms with Crippen LogP contribution in [0.4, 0.5) is 17.6 Å². The number of rotatable bonds is 9. The molecule has 0 unspecified atom stereocenters. The Morgan fingerprint density at radius 1 is 1.18 bits per heavy atom. The number of nitrogens with zero attached hydrogens (tertiary/aromatic N) is 7. The van der Waals surface area contributed by atoms with Crippen molar-refractivity contribution in [2.75, 3.05) is 56.2 Å². The highest BCUT2D eigenvalue weighted by Crippen LogP contribution is 2.26. The highest BCUT2D eigenvalue weighted by molar-refractivity contribution is 5.61. The van der Waals surface area contributed by atoms with E-state index in [9.17, 15) is 0 Å². The van der Waals surface area contributed by atoms with Gasteiger partial charge in [-0.25, -0.2) is 14.5 Å². The van der Waals surface area contributed by atoms with Gasteiger partial charge in [-0.1, -0.05) is 19.4 Å². The minimum atomic E-state index is 0.387. The van der Waals surface area contributed by atoms with E-state index in [0.717, 1.165) is 55.5 Å². The van der Waals surface area contributed by atoms with Gasteiger partial charge in [0.15, 0.2) is 11.5 Å². The number of hydrogen-bond donors (Lipinski definition) is 2. The molecule has 0 bridgehead atoms. The van der Waals surface area contributed by atoms with Crippen molar-refractivity contribution >= 4 is 23.2 Å². The molecule has 33 heavy (non-hydrogen) atoms. The Hall–Kier alpha value is -2.94. The van der Waals surface area contributed by atoms with Crippen LogP contribution in [0.25, 0.3) is 5.65 Å². The van der Waals surface area contributed by atoms with Crippen LogP contribution in [0.2, 0.25) is 0 Å². The van der Waals surface area contributed by atoms with Gasteiger partial charge in [-0.05, 0) is 57.3 Å². The van der Waals surface area contributed by atoms with E-state index >= 15 is 0 Å². The van der Waals surface area contributed by atoms with Crippen molar-refractivity contribution < 1.29 is 0 Å². The molecule has 0 saturated carbocycles. The number of piperidine rings is 1. The average molecular weight is 452 g/mol. The minimum absolute atomic E-state index is 0.387. The third-order valence-corrected chi connectivity index (χ3v) is 6.30. The number of fused-ring (bicyclic) bond motifs is 1. The fourth-order valence-corrected chi connectivity index (χ4v) is 4.63. The summed E-state index contributed by atoms with van der Waals surface area (Å²) in [6.07, 6.45) is 9.11. The Bertz CT molecular complexity index is 1070. The SMILES string of the molecule is CCCCNc1nc(N)c2ncc(Cc3cnc(N4CCC(CN(C)C)CC4)c(C)c3)n2n1. The third kappa shape index (κ3) is 5.52. The Kier molecular flexibility index (Phi) is 7.27. The first-order chi connectivity index (χ1) is 15.9. The highest BCUT2D eigenvalue weighted by atomic mass is 15.3. The van der Waals surface area contributed by atoms with E-state index in [2.05, 4.69) is 64.2 Å². The van der Waals surface area contributed by atoms with Crippen molar-refractivity contribution in [3.8, 4) is 0 Å². The lowest BCUT2D eigenvalue weighted by molar-refractivity contribution is 0.284. The molecule has 9 heteroatoms. The number of imidazole rings is 1. The molecule has 1 saturated heterocycles. The number of nitrogens with one attached hydrogen (secondary N) is 1. The lowest BCUT2D eigenvalue weighted by atomic mass is 9.96. The molecule has 4 heterocycles. The average Bonchev–Trinajstić information content (AvgIpc) is 3.18. The number of anilines is 3. The van der Waals surface area contributed by atoms with E-state index in [1.54, 1.807) is 4.52 Å². The molecule has 1 aliphatic rings. The molecule has 9 nitrogen and oxygen atoms in total. The van der Waals surface area contributed by atoms with Gasteiger partial charge in [-0.3, -0.25) is 0 Å². The summed E-state index contributed by atoms with van der Waals surface area (Å²) in [7, 11) is 4.31. The zero-order valence-corrected chi connectivity index (χ0v) is 20.4. The van der Waals surface area contributed by atoms with Crippen LogP contribution < -0.4 is 16.0 Å². The van der Waals surface area contributed by atoms with Crippen molar-refractivity contribution in [1.82, 2.24) is 29.5 Å². The number of nitrogen functional groups attached to an aromatic ring is 1. The van der Waals surface area contributed by atoms with Gasteiger partial charge in [0, 0.05) is 38.8 Å². The molecule has 0 aliphatic carbocycles. The standard InChI is InChI=1S/C24H37N9/c1-5-6-9-26-24-29-21(25)23-28-15-20(33(23)30-24)13-19-12-17(2)22(27-14-19)32-10-7-18(8-11-32)16-31(3)4/h12,14-15,18H,5-11,13,16H2,1-4H3,(H3,25,26,29,30). The number of nitrogens with two attached hydrogens (primary N) is 1. The van der Waals surface area contributed by atoms with Crippen molar-refractivity contribution in [2.45, 2.75) is 46.0 Å². The number of aryl methyl sites for hydroxylation is 1. The molecule has 0 amide bonds. The second-order valence-electron chi connectivity index (χ2n) is 9.44. The summed E-state index contributed by atoms with van der Waals surface area (Å²) < 4.78 is 1.80. The molecule has 3 aromatic heterocycles. The van der Waals surface area contributed by atoms with Gasteiger partial charge >= 0.3 is 0 Å². The molecular formula is C24H37N9. The Balaban J connectivity index is 1.47. The van der Waals surface area contributed by atoms with Gasteiger partial charge in [0.2, 0.25) is 5.95 Å². The van der Waals surface area contributed by atoms with Crippen LogP contribution in [-0.2, 0) is 6.42 Å². The predicted molar refractivity (Wildman–Crippen MR) is 134 cm³/mol. The monoisotopic (exact) mass is 451 g/mol. The van der Waals surface area contributed by atoms with Crippen LogP contribution in [-0.4, -0.2) is 69.7 Å². The van der Waals surface area contributed by atoms with E-state index in [1.807, 2.05) is 12.4 Å². The first-order valence-electron chi connectivity index (χ1n) is 12.0. The second kappa shape index (κ2) is 10.3. The first-order valence-corrected chi connectivity index (χ1v) is 12.0. The number of pyridine rings is 1. The lowest BCUT2D eigenvalue weighted by Crippen LogP contribution is -2.37. The largest absolute Gasteiger partial charge is 0.380 e. The fourth-order valence-electron chi connectivity index (χ4n) is 4.63. The van der Waals surface area contributed by atoms with Gasteiger partial charge in [-0.15, -0.1) is 5.10 Å². The minimum Gasteiger partial charge on any atom is -0.380 e. The molecule has 178 valence electrons. The predicted octanol–water partition coefficient (Wildman–Crippen LogP) is 2.99. The van der Waals surface area contributed by atoms with E-state index < -0.39 is 0 Å². The fraction of sp³-hybridized carbons (Fsp3) is 0.583. The van der Waals surface area contributed by atoms with Crippen LogP contribution in [0.3, 0.4) is 0 Å². The van der Waals surface area contributed by atoms with Gasteiger partial charge < -0.3 is 20.9 Å². The van der Waals surface area contributed by atoms with Gasteiger partial charge in [0.1, 0.15) is 5.82 Å². The normalized spacial score (nSPS) is 15.0. The van der Waals surface area contributed by atoms with Crippen LogP contribution in [0.5, 0.6) is 0 Å². The molecular weight excluding hydrogens is 414 g/mol. The summed E-state index contributed by atoms with van der Waals surface area (Å²) in [5.74, 6) is 2.81. The summed E-state index contributed by atoms with van der Waals surface area (Å²) in [5, 5.41) is 7.88. The molecule has 0 radical (unpaired) electrons. The zero-order valence-electron chi connectivity index (χ0n) is 20.4. The number of aromatic nitrogens is 5. The molecule has 0 atom stereocenters. The Morgan fingerprint density at radius 3 is 2.67 bits per heavy atom. The summed E-state index contributed by atoms with van der Waals surface area (Å²) in [5.41, 5.74) is 10.0. The second-order valence-corrected chi connectivity index (χ2v) is 9.44. The number of unbranched alkanes of at least 4 members (excludes halogenated alkanes) is 1. The van der Waals surface area contributed by atoms with E-state index in [-0.39, 0.29) is 0 Å². The van der Waals surface area contributed by atoms with Crippen LogP contribution in [0.1, 0.15) is 49.4 Å². The molecule has 0 aromatic carbocycles. The van der Waals surface area contributed by atoms with Crippen LogP contribution in [0.15, 0.2) is 18.5 Å². The Labute approximate surface area is 196 Å². The van der Waals surface area contributed by atoms with E-state index in [0.29, 0.717) is 23.8 Å². The van der Waals surface area contributed by atoms with Crippen molar-refractivity contribution in [3.05, 3.63) is 35.3 Å². The molecule has 1 fully saturated rings. The van der Waals surface area contributed by atoms with Gasteiger partial charge in [0.25, 0.3) is 0 Å². The van der Waals surface area contributed by atoms with Crippen molar-refractivity contribution in [2.24, 2.45) is 5.92 Å². The van der Waals surface area contributed by atoms with Crippen molar-refractivity contribution in [1.29, 1.82) is 0 Å². The van der Waals surface area contributed by atoms with E-state index in [4.69, 9.17) is 10.7 Å². The highest BCUT2D eigenvalue weighted by Gasteiger charge is 2.22. The quantitative estimate of drug-likeness (QED) is 0.479. The maximum Gasteiger partial charge on any atom is 0.243 e. The summed E-state index contributed by atoms with van der Waals surface area (Å²) in [6, 6.07) is 2.23. The molecule has 1 aliphatic heterocycles. The maximum absolute atomic E-state index is 6.14. The summed E-state index contributed by atoms with van der Waals surface area (Å²) in [4.78, 5) is 18.4. The number of hydrogen-bond acceptors (Lipinski definition) is 8. The first kappa shape index (κ1) is 23.2. The third-order valence-electron chi connectivity index (χ3n) is 6.30. The maximum atomic E-state index is 6.14.